The molecule has 0 aliphatic carbocycles. The van der Waals surface area contributed by atoms with Gasteiger partial charge in [0.2, 0.25) is 0 Å². The number of carbonyl (C=O) groups is 1. The van der Waals surface area contributed by atoms with E-state index in [9.17, 15) is 4.79 Å². The van der Waals surface area contributed by atoms with E-state index in [4.69, 9.17) is 10.5 Å². The first-order valence-electron chi connectivity index (χ1n) is 6.51. The molecule has 0 saturated carbocycles. The maximum atomic E-state index is 11.7. The molecule has 0 aliphatic rings. The first-order valence-corrected chi connectivity index (χ1v) is 6.51. The first kappa shape index (κ1) is 14.8. The minimum atomic E-state index is -0.450. The van der Waals surface area contributed by atoms with Crippen LogP contribution in [0.1, 0.15) is 27.3 Å². The van der Waals surface area contributed by atoms with Crippen molar-refractivity contribution in [3.05, 3.63) is 47.0 Å². The molecule has 0 fully saturated rings. The van der Waals surface area contributed by atoms with Gasteiger partial charge in [-0.25, -0.2) is 4.79 Å². The van der Waals surface area contributed by atoms with E-state index in [1.807, 2.05) is 19.9 Å². The summed E-state index contributed by atoms with van der Waals surface area (Å²) >= 11 is 0. The molecule has 0 bridgehead atoms. The fourth-order valence-corrected chi connectivity index (χ4v) is 1.88. The van der Waals surface area contributed by atoms with E-state index >= 15 is 0 Å². The molecule has 0 atom stereocenters. The van der Waals surface area contributed by atoms with Crippen LogP contribution in [0, 0.1) is 13.8 Å². The van der Waals surface area contributed by atoms with Crippen LogP contribution in [0.25, 0.3) is 0 Å². The number of aryl methyl sites for hydroxylation is 2. The Morgan fingerprint density at radius 3 is 2.67 bits per heavy atom. The first-order chi connectivity index (χ1) is 10.0. The summed E-state index contributed by atoms with van der Waals surface area (Å²) < 4.78 is 4.73. The van der Waals surface area contributed by atoms with Gasteiger partial charge in [-0.3, -0.25) is 9.97 Å². The second-order valence-electron chi connectivity index (χ2n) is 4.75. The van der Waals surface area contributed by atoms with Gasteiger partial charge in [0.25, 0.3) is 0 Å². The van der Waals surface area contributed by atoms with Crippen molar-refractivity contribution in [2.75, 3.05) is 18.2 Å². The van der Waals surface area contributed by atoms with Gasteiger partial charge in [0.15, 0.2) is 0 Å². The lowest BCUT2D eigenvalue weighted by molar-refractivity contribution is 0.0602. The predicted molar refractivity (Wildman–Crippen MR) is 81.0 cm³/mol. The molecule has 0 spiro atoms. The van der Waals surface area contributed by atoms with E-state index < -0.39 is 5.97 Å². The summed E-state index contributed by atoms with van der Waals surface area (Å²) in [5.41, 5.74) is 9.97. The van der Waals surface area contributed by atoms with Gasteiger partial charge in [0, 0.05) is 17.6 Å². The Hall–Kier alpha value is -2.63. The standard InChI is InChI=1S/C15H18N4O2/c1-9-4-11(5-13(14(9)16)15(20)21-3)19-8-12-7-17-10(2)6-18-12/h4-7,19H,8,16H2,1-3H3. The SMILES string of the molecule is COC(=O)c1cc(NCc2cnc(C)cn2)cc(C)c1N. The van der Waals surface area contributed by atoms with Crippen molar-refractivity contribution in [3.8, 4) is 0 Å². The van der Waals surface area contributed by atoms with Gasteiger partial charge in [0.1, 0.15) is 0 Å². The van der Waals surface area contributed by atoms with Gasteiger partial charge in [0.05, 0.1) is 36.8 Å². The number of rotatable bonds is 4. The molecular formula is C15H18N4O2. The number of esters is 1. The molecule has 3 N–H and O–H groups in total. The molecule has 2 aromatic rings. The molecule has 0 saturated heterocycles. The van der Waals surface area contributed by atoms with Gasteiger partial charge >= 0.3 is 5.97 Å². The molecule has 0 unspecified atom stereocenters. The molecular weight excluding hydrogens is 268 g/mol. The predicted octanol–water partition coefficient (Wildman–Crippen LogP) is 2.07. The number of hydrogen-bond acceptors (Lipinski definition) is 6. The zero-order valence-electron chi connectivity index (χ0n) is 12.3. The fraction of sp³-hybridized carbons (Fsp3) is 0.267. The highest BCUT2D eigenvalue weighted by atomic mass is 16.5. The van der Waals surface area contributed by atoms with Crippen LogP contribution in [0.4, 0.5) is 11.4 Å². The van der Waals surface area contributed by atoms with Crippen molar-refractivity contribution in [2.45, 2.75) is 20.4 Å². The highest BCUT2D eigenvalue weighted by molar-refractivity contribution is 5.97. The van der Waals surface area contributed by atoms with Crippen LogP contribution in [-0.4, -0.2) is 23.0 Å². The second-order valence-corrected chi connectivity index (χ2v) is 4.75. The van der Waals surface area contributed by atoms with Crippen molar-refractivity contribution >= 4 is 17.3 Å². The average Bonchev–Trinajstić information content (AvgIpc) is 2.49. The number of hydrogen-bond donors (Lipinski definition) is 2. The normalized spacial score (nSPS) is 10.2. The van der Waals surface area contributed by atoms with Gasteiger partial charge in [-0.1, -0.05) is 0 Å². The van der Waals surface area contributed by atoms with Crippen molar-refractivity contribution < 1.29 is 9.53 Å². The van der Waals surface area contributed by atoms with Crippen molar-refractivity contribution in [1.29, 1.82) is 0 Å². The molecule has 1 heterocycles. The average molecular weight is 286 g/mol. The lowest BCUT2D eigenvalue weighted by Gasteiger charge is -2.12. The molecule has 1 aromatic carbocycles. The summed E-state index contributed by atoms with van der Waals surface area (Å²) in [5.74, 6) is -0.450. The largest absolute Gasteiger partial charge is 0.465 e. The van der Waals surface area contributed by atoms with E-state index in [1.165, 1.54) is 7.11 Å². The van der Waals surface area contributed by atoms with Crippen LogP contribution in [0.2, 0.25) is 0 Å². The number of benzene rings is 1. The van der Waals surface area contributed by atoms with Crippen molar-refractivity contribution in [3.63, 3.8) is 0 Å². The lowest BCUT2D eigenvalue weighted by atomic mass is 10.1. The van der Waals surface area contributed by atoms with Gasteiger partial charge < -0.3 is 15.8 Å². The molecule has 0 amide bonds. The quantitative estimate of drug-likeness (QED) is 0.660. The van der Waals surface area contributed by atoms with E-state index in [-0.39, 0.29) is 0 Å². The van der Waals surface area contributed by atoms with Crippen LogP contribution in [0.3, 0.4) is 0 Å². The third-order valence-electron chi connectivity index (χ3n) is 3.10. The number of nitrogens with zero attached hydrogens (tertiary/aromatic N) is 2. The van der Waals surface area contributed by atoms with E-state index in [1.54, 1.807) is 18.5 Å². The van der Waals surface area contributed by atoms with Crippen LogP contribution >= 0.6 is 0 Å². The Morgan fingerprint density at radius 2 is 2.05 bits per heavy atom. The smallest absolute Gasteiger partial charge is 0.340 e. The number of aromatic nitrogens is 2. The third-order valence-corrected chi connectivity index (χ3v) is 3.10. The zero-order valence-corrected chi connectivity index (χ0v) is 12.3. The highest BCUT2D eigenvalue weighted by Gasteiger charge is 2.13. The van der Waals surface area contributed by atoms with Crippen LogP contribution < -0.4 is 11.1 Å². The summed E-state index contributed by atoms with van der Waals surface area (Å²) in [5, 5.41) is 3.20. The van der Waals surface area contributed by atoms with Crippen LogP contribution in [-0.2, 0) is 11.3 Å². The molecule has 1 aromatic heterocycles. The third kappa shape index (κ3) is 3.47. The highest BCUT2D eigenvalue weighted by Crippen LogP contribution is 2.23. The van der Waals surface area contributed by atoms with Crippen LogP contribution in [0.15, 0.2) is 24.5 Å². The summed E-state index contributed by atoms with van der Waals surface area (Å²) in [7, 11) is 1.33. The minimum Gasteiger partial charge on any atom is -0.465 e. The van der Waals surface area contributed by atoms with Gasteiger partial charge in [-0.2, -0.15) is 0 Å². The Balaban J connectivity index is 2.18. The molecule has 2 rings (SSSR count). The maximum Gasteiger partial charge on any atom is 0.340 e. The number of anilines is 2. The van der Waals surface area contributed by atoms with Crippen LogP contribution in [0.5, 0.6) is 0 Å². The number of nitrogen functional groups attached to an aromatic ring is 1. The number of methoxy groups -OCH3 is 1. The second kappa shape index (κ2) is 6.21. The van der Waals surface area contributed by atoms with Crippen molar-refractivity contribution in [2.24, 2.45) is 0 Å². The Kier molecular flexibility index (Phi) is 4.37. The summed E-state index contributed by atoms with van der Waals surface area (Å²) in [6.07, 6.45) is 3.43. The fourth-order valence-electron chi connectivity index (χ4n) is 1.88. The number of ether oxygens (including phenoxy) is 1. The number of nitrogens with two attached hydrogens (primary N) is 1. The van der Waals surface area contributed by atoms with E-state index in [0.29, 0.717) is 17.8 Å². The Bertz CT molecular complexity index is 653. The van der Waals surface area contributed by atoms with E-state index in [0.717, 1.165) is 22.6 Å². The molecule has 110 valence electrons. The summed E-state index contributed by atoms with van der Waals surface area (Å²) in [6, 6.07) is 3.55. The molecule has 21 heavy (non-hydrogen) atoms. The number of nitrogens with one attached hydrogen (secondary N) is 1. The lowest BCUT2D eigenvalue weighted by Crippen LogP contribution is -2.09. The van der Waals surface area contributed by atoms with Gasteiger partial charge in [-0.15, -0.1) is 0 Å². The summed E-state index contributed by atoms with van der Waals surface area (Å²) in [6.45, 7) is 4.24. The molecule has 6 heteroatoms. The maximum absolute atomic E-state index is 11.7. The Morgan fingerprint density at radius 1 is 1.29 bits per heavy atom. The minimum absolute atomic E-state index is 0.356. The monoisotopic (exact) mass is 286 g/mol. The van der Waals surface area contributed by atoms with Crippen molar-refractivity contribution in [1.82, 2.24) is 9.97 Å². The Labute approximate surface area is 123 Å². The van der Waals surface area contributed by atoms with Gasteiger partial charge in [-0.05, 0) is 31.5 Å². The molecule has 0 aliphatic heterocycles. The summed E-state index contributed by atoms with van der Waals surface area (Å²) in [4.78, 5) is 20.1. The number of carbonyl (C=O) groups excluding carboxylic acids is 1. The molecule has 0 radical (unpaired) electrons. The zero-order chi connectivity index (χ0) is 15.4. The topological polar surface area (TPSA) is 90.1 Å². The molecule has 6 nitrogen and oxygen atoms in total. The van der Waals surface area contributed by atoms with E-state index in [2.05, 4.69) is 15.3 Å².